The summed E-state index contributed by atoms with van der Waals surface area (Å²) in [6.07, 6.45) is 5.06. The van der Waals surface area contributed by atoms with Crippen molar-refractivity contribution in [3.8, 4) is 0 Å². The van der Waals surface area contributed by atoms with Gasteiger partial charge in [0.15, 0.2) is 0 Å². The number of hydrogen-bond donors (Lipinski definition) is 0. The van der Waals surface area contributed by atoms with E-state index in [1.807, 2.05) is 0 Å². The van der Waals surface area contributed by atoms with E-state index >= 15 is 0 Å². The van der Waals surface area contributed by atoms with Crippen molar-refractivity contribution in [2.75, 3.05) is 0 Å². The number of rotatable bonds is 5. The topological polar surface area (TPSA) is 0 Å². The van der Waals surface area contributed by atoms with E-state index in [1.54, 1.807) is 0 Å². The van der Waals surface area contributed by atoms with Crippen LogP contribution >= 0.6 is 0 Å². The van der Waals surface area contributed by atoms with Crippen LogP contribution in [0.4, 0.5) is 0 Å². The molecule has 0 amide bonds. The van der Waals surface area contributed by atoms with Crippen LogP contribution in [-0.4, -0.2) is 21.1 Å². The van der Waals surface area contributed by atoms with Gasteiger partial charge in [-0.1, -0.05) is 0 Å². The third kappa shape index (κ3) is 4.85. The Morgan fingerprint density at radius 2 is 1.93 bits per heavy atom. The van der Waals surface area contributed by atoms with E-state index in [9.17, 15) is 0 Å². The third-order valence-electron chi connectivity index (χ3n) is 2.15. The zero-order valence-electron chi connectivity index (χ0n) is 9.09. The Morgan fingerprint density at radius 1 is 1.21 bits per heavy atom. The van der Waals surface area contributed by atoms with Crippen molar-refractivity contribution >= 4 is 27.2 Å². The van der Waals surface area contributed by atoms with Crippen LogP contribution in [0.2, 0.25) is 4.44 Å². The van der Waals surface area contributed by atoms with Crippen molar-refractivity contribution in [2.24, 2.45) is 0 Å². The zero-order valence-corrected chi connectivity index (χ0v) is 11.9. The van der Waals surface area contributed by atoms with Gasteiger partial charge in [0.2, 0.25) is 0 Å². The predicted octanol–water partition coefficient (Wildman–Crippen LogP) is 3.89. The second-order valence-electron chi connectivity index (χ2n) is 3.55. The fraction of sp³-hybridized carbons (Fsp3) is 0.385. The maximum atomic E-state index is 2.45. The molecule has 1 aromatic rings. The van der Waals surface area contributed by atoms with E-state index < -0.39 is 0 Å². The second kappa shape index (κ2) is 7.10. The molecule has 0 nitrogen and oxygen atoms in total. The average molecular weight is 293 g/mol. The molecule has 14 heavy (non-hydrogen) atoms. The van der Waals surface area contributed by atoms with E-state index in [-0.39, 0.29) is 21.1 Å². The molecule has 0 aliphatic carbocycles. The summed E-state index contributed by atoms with van der Waals surface area (Å²) in [6.45, 7) is 4.40. The zero-order chi connectivity index (χ0) is 10.2. The Hall–Kier alpha value is -0.241. The molecule has 0 bridgehead atoms. The molecule has 0 aliphatic rings. The number of unbranched alkanes of at least 4 members (excludes halogenated alkanes) is 1. The molecule has 0 saturated heterocycles. The normalized spacial score (nSPS) is 11.0. The van der Waals surface area contributed by atoms with Gasteiger partial charge in [-0.3, -0.25) is 0 Å². The SMILES string of the molecule is CCC[CH2][Sn]/[CH]=C/c1ccc(C)cc1. The van der Waals surface area contributed by atoms with Gasteiger partial charge in [-0.05, 0) is 0 Å². The number of hydrogen-bond acceptors (Lipinski definition) is 0. The van der Waals surface area contributed by atoms with E-state index in [1.165, 1.54) is 28.4 Å². The van der Waals surface area contributed by atoms with Crippen molar-refractivity contribution in [3.63, 3.8) is 0 Å². The van der Waals surface area contributed by atoms with Crippen LogP contribution < -0.4 is 0 Å². The molecule has 0 N–H and O–H groups in total. The second-order valence-corrected chi connectivity index (χ2v) is 7.10. The van der Waals surface area contributed by atoms with Crippen LogP contribution in [0.25, 0.3) is 6.08 Å². The molecule has 1 aromatic carbocycles. The molecule has 2 radical (unpaired) electrons. The van der Waals surface area contributed by atoms with Crippen LogP contribution in [-0.2, 0) is 0 Å². The van der Waals surface area contributed by atoms with Gasteiger partial charge in [0.05, 0.1) is 0 Å². The summed E-state index contributed by atoms with van der Waals surface area (Å²) >= 11 is -0.190. The Morgan fingerprint density at radius 3 is 2.57 bits per heavy atom. The molecule has 74 valence electrons. The Balaban J connectivity index is 2.33. The van der Waals surface area contributed by atoms with Crippen molar-refractivity contribution in [1.29, 1.82) is 0 Å². The van der Waals surface area contributed by atoms with Crippen LogP contribution in [0.15, 0.2) is 28.4 Å². The number of benzene rings is 1. The van der Waals surface area contributed by atoms with Gasteiger partial charge in [0.25, 0.3) is 0 Å². The van der Waals surface area contributed by atoms with Crippen LogP contribution in [0.3, 0.4) is 0 Å². The maximum absolute atomic E-state index is 2.45. The Labute approximate surface area is 97.6 Å². The van der Waals surface area contributed by atoms with Gasteiger partial charge in [-0.15, -0.1) is 0 Å². The first-order chi connectivity index (χ1) is 6.83. The summed E-state index contributed by atoms with van der Waals surface area (Å²) in [7, 11) is 0. The monoisotopic (exact) mass is 294 g/mol. The van der Waals surface area contributed by atoms with Crippen molar-refractivity contribution < 1.29 is 0 Å². The van der Waals surface area contributed by atoms with E-state index in [2.05, 4.69) is 48.3 Å². The molecule has 1 heteroatoms. The molecule has 0 fully saturated rings. The Kier molecular flexibility index (Phi) is 6.00. The molecule has 0 unspecified atom stereocenters. The molecule has 0 atom stereocenters. The predicted molar refractivity (Wildman–Crippen MR) is 65.7 cm³/mol. The summed E-state index contributed by atoms with van der Waals surface area (Å²) in [4.78, 5) is 0. The molecule has 0 heterocycles. The van der Waals surface area contributed by atoms with Crippen LogP contribution in [0, 0.1) is 6.92 Å². The quantitative estimate of drug-likeness (QED) is 0.571. The van der Waals surface area contributed by atoms with Gasteiger partial charge >= 0.3 is 97.8 Å². The van der Waals surface area contributed by atoms with Crippen molar-refractivity contribution in [2.45, 2.75) is 31.1 Å². The van der Waals surface area contributed by atoms with E-state index in [4.69, 9.17) is 0 Å². The van der Waals surface area contributed by atoms with Crippen LogP contribution in [0.1, 0.15) is 30.9 Å². The van der Waals surface area contributed by atoms with Crippen molar-refractivity contribution in [1.82, 2.24) is 0 Å². The fourth-order valence-corrected chi connectivity index (χ4v) is 4.15. The summed E-state index contributed by atoms with van der Waals surface area (Å²) in [5.74, 6) is 0. The summed E-state index contributed by atoms with van der Waals surface area (Å²) < 4.78 is 3.94. The van der Waals surface area contributed by atoms with Crippen molar-refractivity contribution in [3.05, 3.63) is 39.5 Å². The average Bonchev–Trinajstić information content (AvgIpc) is 2.21. The molecule has 0 saturated carbocycles. The molecule has 0 spiro atoms. The minimum atomic E-state index is -0.190. The fourth-order valence-electron chi connectivity index (χ4n) is 1.19. The molecular weight excluding hydrogens is 275 g/mol. The van der Waals surface area contributed by atoms with Gasteiger partial charge in [0.1, 0.15) is 0 Å². The Bertz CT molecular complexity index is 272. The summed E-state index contributed by atoms with van der Waals surface area (Å²) in [5, 5.41) is 0. The molecule has 0 aliphatic heterocycles. The van der Waals surface area contributed by atoms with Crippen LogP contribution in [0.5, 0.6) is 0 Å². The minimum absolute atomic E-state index is 0.190. The molecular formula is C13H18Sn. The van der Waals surface area contributed by atoms with E-state index in [0.29, 0.717) is 0 Å². The van der Waals surface area contributed by atoms with Gasteiger partial charge < -0.3 is 0 Å². The summed E-state index contributed by atoms with van der Waals surface area (Å²) in [6, 6.07) is 8.75. The van der Waals surface area contributed by atoms with Gasteiger partial charge in [0, 0.05) is 0 Å². The molecule has 0 aromatic heterocycles. The third-order valence-corrected chi connectivity index (χ3v) is 5.13. The summed E-state index contributed by atoms with van der Waals surface area (Å²) in [5.41, 5.74) is 2.70. The first-order valence-electron chi connectivity index (χ1n) is 5.29. The van der Waals surface area contributed by atoms with Gasteiger partial charge in [-0.25, -0.2) is 0 Å². The van der Waals surface area contributed by atoms with E-state index in [0.717, 1.165) is 0 Å². The first kappa shape index (κ1) is 11.8. The molecule has 1 rings (SSSR count). The first-order valence-corrected chi connectivity index (χ1v) is 8.96. The number of aryl methyl sites for hydroxylation is 1. The standard InChI is InChI=1S/C9H9.C4H9.Sn/c1-3-9-6-4-8(2)5-7-9;1-3-4-2;/h1,3-7H,2H3;1,3-4H2,2H3;. The van der Waals surface area contributed by atoms with Gasteiger partial charge in [-0.2, -0.15) is 0 Å².